The lowest BCUT2D eigenvalue weighted by Crippen LogP contribution is -2.30. The van der Waals surface area contributed by atoms with Crippen molar-refractivity contribution in [1.82, 2.24) is 9.55 Å². The summed E-state index contributed by atoms with van der Waals surface area (Å²) >= 11 is 6.42. The van der Waals surface area contributed by atoms with Crippen LogP contribution in [-0.4, -0.2) is 26.6 Å². The quantitative estimate of drug-likeness (QED) is 0.859. The van der Waals surface area contributed by atoms with Gasteiger partial charge in [-0.25, -0.2) is 9.78 Å². The Bertz CT molecular complexity index is 828. The lowest BCUT2D eigenvalue weighted by atomic mass is 9.82. The molecule has 1 N–H and O–H groups in total. The van der Waals surface area contributed by atoms with E-state index >= 15 is 0 Å². The molecule has 0 aliphatic heterocycles. The molecule has 2 unspecified atom stereocenters. The van der Waals surface area contributed by atoms with Gasteiger partial charge in [0.15, 0.2) is 0 Å². The van der Waals surface area contributed by atoms with Crippen LogP contribution in [0.1, 0.15) is 54.5 Å². The Balaban J connectivity index is 2.25. The van der Waals surface area contributed by atoms with Crippen LogP contribution in [-0.2, 0) is 9.53 Å². The van der Waals surface area contributed by atoms with Crippen molar-refractivity contribution in [3.8, 4) is 0 Å². The first kappa shape index (κ1) is 16.5. The van der Waals surface area contributed by atoms with E-state index in [9.17, 15) is 14.7 Å². The van der Waals surface area contributed by atoms with E-state index in [4.69, 9.17) is 16.3 Å². The Morgan fingerprint density at radius 3 is 2.71 bits per heavy atom. The van der Waals surface area contributed by atoms with Crippen molar-refractivity contribution in [2.45, 2.75) is 32.9 Å². The van der Waals surface area contributed by atoms with Crippen molar-refractivity contribution in [1.29, 1.82) is 0 Å². The molecule has 0 saturated carbocycles. The lowest BCUT2D eigenvalue weighted by molar-refractivity contribution is -0.153. The fraction of sp³-hybridized carbons (Fsp3) is 0.353. The van der Waals surface area contributed by atoms with Gasteiger partial charge < -0.3 is 14.4 Å². The number of carboxylic acid groups (broad SMARTS) is 1. The molecule has 3 rings (SSSR count). The summed E-state index contributed by atoms with van der Waals surface area (Å²) in [5.74, 6) is -1.48. The number of aromatic carboxylic acids is 1. The number of ether oxygens (including phenoxy) is 1. The monoisotopic (exact) mass is 348 g/mol. The summed E-state index contributed by atoms with van der Waals surface area (Å²) in [4.78, 5) is 27.1. The third kappa shape index (κ3) is 2.38. The molecule has 1 aliphatic carbocycles. The van der Waals surface area contributed by atoms with Gasteiger partial charge >= 0.3 is 11.9 Å². The molecule has 2 atom stereocenters. The summed E-state index contributed by atoms with van der Waals surface area (Å²) in [6.07, 6.45) is 2.24. The molecule has 0 saturated heterocycles. The highest BCUT2D eigenvalue weighted by Crippen LogP contribution is 2.57. The van der Waals surface area contributed by atoms with Gasteiger partial charge in [0.05, 0.1) is 18.6 Å². The molecule has 24 heavy (non-hydrogen) atoms. The van der Waals surface area contributed by atoms with Gasteiger partial charge in [-0.2, -0.15) is 0 Å². The fourth-order valence-corrected chi connectivity index (χ4v) is 3.83. The van der Waals surface area contributed by atoms with Crippen LogP contribution >= 0.6 is 11.6 Å². The number of fused-ring (bicyclic) bond motifs is 1. The van der Waals surface area contributed by atoms with E-state index in [1.165, 1.54) is 19.4 Å². The summed E-state index contributed by atoms with van der Waals surface area (Å²) < 4.78 is 7.14. The minimum atomic E-state index is -1.08. The number of hydrogen-bond acceptors (Lipinski definition) is 4. The van der Waals surface area contributed by atoms with Crippen LogP contribution in [0.4, 0.5) is 0 Å². The van der Waals surface area contributed by atoms with Crippen LogP contribution in [0.15, 0.2) is 30.7 Å². The standard InChI is InChI=1S/C17H17ClN2O4/c1-9(21)24-15-10-5-4-6-11(18)13(10)14(17(15,2)3)20-8-19-7-12(20)16(22)23/h4-8,14-15H,1-3H3,(H,22,23). The first-order chi connectivity index (χ1) is 11.2. The Kier molecular flexibility index (Phi) is 3.87. The van der Waals surface area contributed by atoms with Crippen molar-refractivity contribution in [2.75, 3.05) is 0 Å². The molecule has 7 heteroatoms. The second-order valence-electron chi connectivity index (χ2n) is 6.45. The molecule has 0 spiro atoms. The zero-order valence-corrected chi connectivity index (χ0v) is 14.2. The number of carboxylic acids is 1. The Morgan fingerprint density at radius 1 is 1.38 bits per heavy atom. The number of hydrogen-bond donors (Lipinski definition) is 1. The molecule has 1 aromatic carbocycles. The molecule has 6 nitrogen and oxygen atoms in total. The van der Waals surface area contributed by atoms with E-state index < -0.39 is 29.5 Å². The number of nitrogens with zero attached hydrogens (tertiary/aromatic N) is 2. The molecule has 1 heterocycles. The number of imidazole rings is 1. The normalized spacial score (nSPS) is 21.3. The van der Waals surface area contributed by atoms with Gasteiger partial charge in [0.2, 0.25) is 0 Å². The predicted molar refractivity (Wildman–Crippen MR) is 87.1 cm³/mol. The smallest absolute Gasteiger partial charge is 0.354 e. The van der Waals surface area contributed by atoms with Gasteiger partial charge in [-0.05, 0) is 11.6 Å². The molecule has 0 amide bonds. The van der Waals surface area contributed by atoms with Crippen LogP contribution < -0.4 is 0 Å². The van der Waals surface area contributed by atoms with E-state index in [1.807, 2.05) is 19.9 Å². The van der Waals surface area contributed by atoms with Crippen molar-refractivity contribution < 1.29 is 19.4 Å². The van der Waals surface area contributed by atoms with Crippen molar-refractivity contribution in [3.63, 3.8) is 0 Å². The number of halogens is 1. The zero-order valence-electron chi connectivity index (χ0n) is 13.5. The van der Waals surface area contributed by atoms with E-state index in [1.54, 1.807) is 16.7 Å². The average molecular weight is 349 g/mol. The largest absolute Gasteiger partial charge is 0.477 e. The molecule has 0 radical (unpaired) electrons. The summed E-state index contributed by atoms with van der Waals surface area (Å²) in [5.41, 5.74) is 1.00. The maximum atomic E-state index is 11.6. The molecule has 126 valence electrons. The third-order valence-electron chi connectivity index (χ3n) is 4.47. The van der Waals surface area contributed by atoms with Crippen LogP contribution in [0.25, 0.3) is 0 Å². The van der Waals surface area contributed by atoms with Crippen molar-refractivity contribution >= 4 is 23.5 Å². The average Bonchev–Trinajstić information content (AvgIpc) is 3.02. The second-order valence-corrected chi connectivity index (χ2v) is 6.85. The first-order valence-electron chi connectivity index (χ1n) is 7.45. The molecule has 0 bridgehead atoms. The fourth-order valence-electron chi connectivity index (χ4n) is 3.54. The number of carbonyl (C=O) groups excluding carboxylic acids is 1. The minimum absolute atomic E-state index is 0.0578. The van der Waals surface area contributed by atoms with Gasteiger partial charge in [-0.15, -0.1) is 0 Å². The summed E-state index contributed by atoms with van der Waals surface area (Å²) in [6, 6.07) is 4.98. The highest BCUT2D eigenvalue weighted by atomic mass is 35.5. The van der Waals surface area contributed by atoms with Crippen molar-refractivity contribution in [2.24, 2.45) is 5.41 Å². The summed E-state index contributed by atoms with van der Waals surface area (Å²) in [6.45, 7) is 5.20. The number of carbonyl (C=O) groups is 2. The van der Waals surface area contributed by atoms with Gasteiger partial charge in [-0.3, -0.25) is 4.79 Å². The van der Waals surface area contributed by atoms with Crippen LogP contribution in [0.3, 0.4) is 0 Å². The lowest BCUT2D eigenvalue weighted by Gasteiger charge is -2.34. The molecule has 1 aliphatic rings. The van der Waals surface area contributed by atoms with E-state index in [-0.39, 0.29) is 5.69 Å². The topological polar surface area (TPSA) is 81.4 Å². The molecule has 1 aromatic heterocycles. The van der Waals surface area contributed by atoms with Gasteiger partial charge in [0.25, 0.3) is 0 Å². The summed E-state index contributed by atoms with van der Waals surface area (Å²) in [5, 5.41) is 9.94. The minimum Gasteiger partial charge on any atom is -0.477 e. The highest BCUT2D eigenvalue weighted by molar-refractivity contribution is 6.31. The highest BCUT2D eigenvalue weighted by Gasteiger charge is 2.51. The van der Waals surface area contributed by atoms with E-state index in [0.717, 1.165) is 11.1 Å². The molecular weight excluding hydrogens is 332 g/mol. The Hall–Kier alpha value is -2.34. The van der Waals surface area contributed by atoms with Gasteiger partial charge in [-0.1, -0.05) is 37.6 Å². The van der Waals surface area contributed by atoms with Gasteiger partial charge in [0.1, 0.15) is 11.8 Å². The zero-order chi connectivity index (χ0) is 17.6. The van der Waals surface area contributed by atoms with E-state index in [0.29, 0.717) is 5.02 Å². The number of benzene rings is 1. The number of rotatable bonds is 3. The second kappa shape index (κ2) is 5.63. The van der Waals surface area contributed by atoms with E-state index in [2.05, 4.69) is 4.98 Å². The van der Waals surface area contributed by atoms with Crippen molar-refractivity contribution in [3.05, 3.63) is 52.6 Å². The SMILES string of the molecule is CC(=O)OC1c2cccc(Cl)c2C(n2cncc2C(=O)O)C1(C)C. The number of aromatic nitrogens is 2. The molecule has 2 aromatic rings. The Labute approximate surface area is 144 Å². The third-order valence-corrected chi connectivity index (χ3v) is 4.80. The maximum absolute atomic E-state index is 11.6. The van der Waals surface area contributed by atoms with Crippen LogP contribution in [0.5, 0.6) is 0 Å². The maximum Gasteiger partial charge on any atom is 0.354 e. The predicted octanol–water partition coefficient (Wildman–Crippen LogP) is 3.47. The Morgan fingerprint density at radius 2 is 2.08 bits per heavy atom. The molecule has 0 fully saturated rings. The summed E-state index contributed by atoms with van der Waals surface area (Å²) in [7, 11) is 0. The number of esters is 1. The van der Waals surface area contributed by atoms with Gasteiger partial charge in [0, 0.05) is 22.9 Å². The van der Waals surface area contributed by atoms with Crippen LogP contribution in [0.2, 0.25) is 5.02 Å². The van der Waals surface area contributed by atoms with Crippen LogP contribution in [0, 0.1) is 5.41 Å². The first-order valence-corrected chi connectivity index (χ1v) is 7.83. The molecular formula is C17H17ClN2O4.